The van der Waals surface area contributed by atoms with Crippen LogP contribution < -0.4 is 0 Å². The molecule has 5 nitrogen and oxygen atoms in total. The highest BCUT2D eigenvalue weighted by atomic mass is 16.6. The minimum absolute atomic E-state index is 0.129. The molecule has 0 saturated heterocycles. The van der Waals surface area contributed by atoms with Gasteiger partial charge in [-0.3, -0.25) is 14.4 Å². The molecule has 0 aliphatic heterocycles. The minimum atomic E-state index is -0.447. The fraction of sp³-hybridized carbons (Fsp3) is 0.864. The summed E-state index contributed by atoms with van der Waals surface area (Å²) in [4.78, 5) is 34.7. The van der Waals surface area contributed by atoms with Crippen molar-refractivity contribution in [3.8, 4) is 0 Å². The quantitative estimate of drug-likeness (QED) is 0.168. The maximum atomic E-state index is 11.6. The Morgan fingerprint density at radius 1 is 0.519 bits per heavy atom. The molecule has 0 aromatic carbocycles. The number of unbranched alkanes of at least 4 members (excludes halogenated alkanes) is 10. The number of hydrogen-bond acceptors (Lipinski definition) is 5. The lowest BCUT2D eigenvalue weighted by Gasteiger charge is -2.05. The van der Waals surface area contributed by atoms with Gasteiger partial charge in [0.2, 0.25) is 0 Å². The second-order valence-corrected chi connectivity index (χ2v) is 7.21. The molecule has 0 aromatic heterocycles. The Balaban J connectivity index is 3.44. The second-order valence-electron chi connectivity index (χ2n) is 7.21. The largest absolute Gasteiger partial charge is 0.466 e. The lowest BCUT2D eigenvalue weighted by molar-refractivity contribution is -0.160. The summed E-state index contributed by atoms with van der Waals surface area (Å²) in [6, 6.07) is 0. The van der Waals surface area contributed by atoms with Gasteiger partial charge in [-0.1, -0.05) is 65.2 Å². The predicted octanol–water partition coefficient (Wildman–Crippen LogP) is 5.88. The first-order valence-electron chi connectivity index (χ1n) is 11.0. The van der Waals surface area contributed by atoms with Gasteiger partial charge in [-0.15, -0.1) is 0 Å². The molecule has 0 atom stereocenters. The van der Waals surface area contributed by atoms with E-state index in [0.717, 1.165) is 44.9 Å². The Morgan fingerprint density at radius 3 is 1.41 bits per heavy atom. The zero-order chi connectivity index (χ0) is 20.2. The number of esters is 3. The summed E-state index contributed by atoms with van der Waals surface area (Å²) < 4.78 is 9.99. The summed E-state index contributed by atoms with van der Waals surface area (Å²) in [5.41, 5.74) is 0. The molecule has 0 saturated carbocycles. The highest BCUT2D eigenvalue weighted by molar-refractivity contribution is 5.85. The molecule has 0 radical (unpaired) electrons. The van der Waals surface area contributed by atoms with Gasteiger partial charge in [0.25, 0.3) is 0 Å². The topological polar surface area (TPSA) is 69.7 Å². The van der Waals surface area contributed by atoms with Crippen LogP contribution in [0.2, 0.25) is 0 Å². The van der Waals surface area contributed by atoms with E-state index in [9.17, 15) is 14.4 Å². The second kappa shape index (κ2) is 19.4. The van der Waals surface area contributed by atoms with Gasteiger partial charge in [0.15, 0.2) is 0 Å². The summed E-state index contributed by atoms with van der Waals surface area (Å²) >= 11 is 0. The third-order valence-corrected chi connectivity index (χ3v) is 4.48. The molecule has 158 valence electrons. The molecule has 0 fully saturated rings. The van der Waals surface area contributed by atoms with Crippen LogP contribution in [-0.2, 0) is 23.9 Å². The Bertz CT molecular complexity index is 392. The van der Waals surface area contributed by atoms with Crippen LogP contribution in [0.4, 0.5) is 0 Å². The van der Waals surface area contributed by atoms with E-state index < -0.39 is 11.9 Å². The molecule has 0 unspecified atom stereocenters. The van der Waals surface area contributed by atoms with Crippen LogP contribution in [0.3, 0.4) is 0 Å². The predicted molar refractivity (Wildman–Crippen MR) is 107 cm³/mol. The lowest BCUT2D eigenvalue weighted by Crippen LogP contribution is -2.12. The van der Waals surface area contributed by atoms with E-state index in [-0.39, 0.29) is 12.4 Å². The van der Waals surface area contributed by atoms with E-state index in [1.165, 1.54) is 32.1 Å². The number of hydrogen-bond donors (Lipinski definition) is 0. The number of ether oxygens (including phenoxy) is 2. The van der Waals surface area contributed by atoms with E-state index in [2.05, 4.69) is 13.8 Å². The number of rotatable bonds is 18. The minimum Gasteiger partial charge on any atom is -0.466 e. The van der Waals surface area contributed by atoms with Gasteiger partial charge in [-0.05, 0) is 32.1 Å². The third-order valence-electron chi connectivity index (χ3n) is 4.48. The number of carbonyl (C=O) groups is 3. The van der Waals surface area contributed by atoms with E-state index >= 15 is 0 Å². The van der Waals surface area contributed by atoms with Crippen molar-refractivity contribution in [3.05, 3.63) is 0 Å². The lowest BCUT2D eigenvalue weighted by atomic mass is 10.1. The standard InChI is InChI=1S/C22H40O5/c1-3-5-7-9-12-16-20(23)26-19-15-11-14-18-22(25)27-21(24)17-13-10-8-6-4-2/h3-19H2,1-2H3. The van der Waals surface area contributed by atoms with Crippen LogP contribution in [0.25, 0.3) is 0 Å². The molecule has 0 amide bonds. The Kier molecular flexibility index (Phi) is 18.4. The van der Waals surface area contributed by atoms with Crippen molar-refractivity contribution < 1.29 is 23.9 Å². The first kappa shape index (κ1) is 25.6. The van der Waals surface area contributed by atoms with Gasteiger partial charge in [-0.25, -0.2) is 0 Å². The SMILES string of the molecule is CCCCCCCC(=O)OCCCCCC(=O)OC(=O)CCCCCCC. The molecular formula is C22H40O5. The van der Waals surface area contributed by atoms with Crippen molar-refractivity contribution >= 4 is 17.9 Å². The molecule has 0 heterocycles. The third kappa shape index (κ3) is 19.2. The van der Waals surface area contributed by atoms with E-state index in [1.54, 1.807) is 0 Å². The van der Waals surface area contributed by atoms with Crippen molar-refractivity contribution in [2.75, 3.05) is 6.61 Å². The average molecular weight is 385 g/mol. The Labute approximate surface area is 165 Å². The van der Waals surface area contributed by atoms with Crippen LogP contribution in [-0.4, -0.2) is 24.5 Å². The summed E-state index contributed by atoms with van der Waals surface area (Å²) in [5, 5.41) is 0. The van der Waals surface area contributed by atoms with Gasteiger partial charge in [0, 0.05) is 19.3 Å². The first-order chi connectivity index (χ1) is 13.1. The molecular weight excluding hydrogens is 344 g/mol. The van der Waals surface area contributed by atoms with E-state index in [4.69, 9.17) is 9.47 Å². The summed E-state index contributed by atoms with van der Waals surface area (Å²) in [5.74, 6) is -0.988. The van der Waals surface area contributed by atoms with Crippen LogP contribution in [0, 0.1) is 0 Å². The normalized spacial score (nSPS) is 10.6. The van der Waals surface area contributed by atoms with Crippen molar-refractivity contribution in [3.63, 3.8) is 0 Å². The van der Waals surface area contributed by atoms with Crippen LogP contribution in [0.15, 0.2) is 0 Å². The zero-order valence-corrected chi connectivity index (χ0v) is 17.6. The molecule has 0 aromatic rings. The highest BCUT2D eigenvalue weighted by Gasteiger charge is 2.10. The van der Waals surface area contributed by atoms with Crippen LogP contribution in [0.5, 0.6) is 0 Å². The van der Waals surface area contributed by atoms with E-state index in [0.29, 0.717) is 25.9 Å². The smallest absolute Gasteiger partial charge is 0.313 e. The van der Waals surface area contributed by atoms with Crippen molar-refractivity contribution in [2.45, 2.75) is 117 Å². The molecule has 5 heteroatoms. The summed E-state index contributed by atoms with van der Waals surface area (Å²) in [7, 11) is 0. The van der Waals surface area contributed by atoms with Gasteiger partial charge in [0.05, 0.1) is 6.61 Å². The van der Waals surface area contributed by atoms with Gasteiger partial charge < -0.3 is 9.47 Å². The van der Waals surface area contributed by atoms with Crippen molar-refractivity contribution in [1.82, 2.24) is 0 Å². The molecule has 0 N–H and O–H groups in total. The molecule has 0 aliphatic carbocycles. The first-order valence-corrected chi connectivity index (χ1v) is 11.0. The van der Waals surface area contributed by atoms with Crippen LogP contribution >= 0.6 is 0 Å². The van der Waals surface area contributed by atoms with Gasteiger partial charge in [0.1, 0.15) is 0 Å². The van der Waals surface area contributed by atoms with Crippen LogP contribution in [0.1, 0.15) is 117 Å². The Hall–Kier alpha value is -1.39. The maximum Gasteiger partial charge on any atom is 0.313 e. The van der Waals surface area contributed by atoms with E-state index in [1.807, 2.05) is 0 Å². The van der Waals surface area contributed by atoms with Gasteiger partial charge in [-0.2, -0.15) is 0 Å². The molecule has 0 aliphatic rings. The molecule has 27 heavy (non-hydrogen) atoms. The van der Waals surface area contributed by atoms with Crippen molar-refractivity contribution in [1.29, 1.82) is 0 Å². The summed E-state index contributed by atoms with van der Waals surface area (Å²) in [6.45, 7) is 4.72. The fourth-order valence-electron chi connectivity index (χ4n) is 2.78. The Morgan fingerprint density at radius 2 is 0.926 bits per heavy atom. The highest BCUT2D eigenvalue weighted by Crippen LogP contribution is 2.08. The molecule has 0 bridgehead atoms. The maximum absolute atomic E-state index is 11.6. The molecule has 0 spiro atoms. The van der Waals surface area contributed by atoms with Crippen molar-refractivity contribution in [2.24, 2.45) is 0 Å². The average Bonchev–Trinajstić information content (AvgIpc) is 2.64. The molecule has 0 rings (SSSR count). The zero-order valence-electron chi connectivity index (χ0n) is 17.6. The van der Waals surface area contributed by atoms with Gasteiger partial charge >= 0.3 is 17.9 Å². The summed E-state index contributed by atoms with van der Waals surface area (Å²) in [6.07, 6.45) is 14.1. The number of carbonyl (C=O) groups excluding carboxylic acids is 3. The monoisotopic (exact) mass is 384 g/mol. The fourth-order valence-corrected chi connectivity index (χ4v) is 2.78.